The summed E-state index contributed by atoms with van der Waals surface area (Å²) in [5.41, 5.74) is 0. The highest BCUT2D eigenvalue weighted by atomic mass is 16.5. The van der Waals surface area contributed by atoms with Gasteiger partial charge in [-0.3, -0.25) is 24.1 Å². The van der Waals surface area contributed by atoms with E-state index < -0.39 is 23.8 Å². The summed E-state index contributed by atoms with van der Waals surface area (Å²) in [4.78, 5) is 45.6. The fourth-order valence-corrected chi connectivity index (χ4v) is 1.39. The number of carbonyl (C=O) groups is 4. The van der Waals surface area contributed by atoms with Crippen LogP contribution in [0.5, 0.6) is 0 Å². The molecule has 9 nitrogen and oxygen atoms in total. The van der Waals surface area contributed by atoms with Gasteiger partial charge in [0.25, 0.3) is 0 Å². The van der Waals surface area contributed by atoms with Gasteiger partial charge < -0.3 is 19.9 Å². The molecule has 21 heavy (non-hydrogen) atoms. The number of carbonyl (C=O) groups excluding carboxylic acids is 3. The molecular formula is C12H20N2O7. The molecule has 0 aliphatic carbocycles. The Bertz CT molecular complexity index is 366. The lowest BCUT2D eigenvalue weighted by Gasteiger charge is -2.18. The van der Waals surface area contributed by atoms with Crippen LogP contribution in [0.15, 0.2) is 0 Å². The molecule has 9 heteroatoms. The third-order valence-corrected chi connectivity index (χ3v) is 2.42. The first-order chi connectivity index (χ1) is 9.88. The second-order valence-electron chi connectivity index (χ2n) is 4.14. The maximum Gasteiger partial charge on any atom is 0.319 e. The number of esters is 2. The summed E-state index contributed by atoms with van der Waals surface area (Å²) >= 11 is 0. The summed E-state index contributed by atoms with van der Waals surface area (Å²) in [6.45, 7) is -0.449. The molecule has 0 aliphatic rings. The van der Waals surface area contributed by atoms with E-state index in [4.69, 9.17) is 5.11 Å². The van der Waals surface area contributed by atoms with Gasteiger partial charge in [-0.05, 0) is 6.42 Å². The Balaban J connectivity index is 4.23. The summed E-state index contributed by atoms with van der Waals surface area (Å²) in [5.74, 6) is -2.54. The second kappa shape index (κ2) is 10.6. The molecule has 2 N–H and O–H groups in total. The predicted molar refractivity (Wildman–Crippen MR) is 70.4 cm³/mol. The Hall–Kier alpha value is -2.16. The zero-order valence-electron chi connectivity index (χ0n) is 12.1. The molecule has 0 aliphatic heterocycles. The van der Waals surface area contributed by atoms with Gasteiger partial charge >= 0.3 is 17.9 Å². The van der Waals surface area contributed by atoms with Crippen LogP contribution in [0.1, 0.15) is 12.8 Å². The van der Waals surface area contributed by atoms with Gasteiger partial charge in [-0.25, -0.2) is 0 Å². The third kappa shape index (κ3) is 10.3. The zero-order valence-corrected chi connectivity index (χ0v) is 12.1. The van der Waals surface area contributed by atoms with E-state index in [0.717, 1.165) is 0 Å². The van der Waals surface area contributed by atoms with Crippen molar-refractivity contribution in [3.8, 4) is 0 Å². The van der Waals surface area contributed by atoms with E-state index in [1.54, 1.807) is 0 Å². The molecule has 1 amide bonds. The van der Waals surface area contributed by atoms with Crippen LogP contribution in [0.2, 0.25) is 0 Å². The molecule has 0 radical (unpaired) electrons. The van der Waals surface area contributed by atoms with Gasteiger partial charge in [0, 0.05) is 13.0 Å². The highest BCUT2D eigenvalue weighted by molar-refractivity contribution is 5.81. The minimum atomic E-state index is -0.942. The van der Waals surface area contributed by atoms with Gasteiger partial charge in [0.1, 0.15) is 0 Å². The van der Waals surface area contributed by atoms with E-state index in [2.05, 4.69) is 14.8 Å². The van der Waals surface area contributed by atoms with Crippen molar-refractivity contribution in [1.82, 2.24) is 10.2 Å². The smallest absolute Gasteiger partial charge is 0.319 e. The van der Waals surface area contributed by atoms with Crippen molar-refractivity contribution >= 4 is 23.8 Å². The summed E-state index contributed by atoms with van der Waals surface area (Å²) in [6.07, 6.45) is 0.253. The van der Waals surface area contributed by atoms with Gasteiger partial charge in [-0.2, -0.15) is 0 Å². The van der Waals surface area contributed by atoms with Gasteiger partial charge in [-0.1, -0.05) is 0 Å². The number of amides is 1. The molecule has 120 valence electrons. The van der Waals surface area contributed by atoms with E-state index >= 15 is 0 Å². The van der Waals surface area contributed by atoms with E-state index in [-0.39, 0.29) is 32.6 Å². The molecule has 0 aromatic heterocycles. The fourth-order valence-electron chi connectivity index (χ4n) is 1.39. The Morgan fingerprint density at radius 1 is 1.00 bits per heavy atom. The number of carboxylic acid groups (broad SMARTS) is 1. The molecule has 0 atom stereocenters. The number of nitrogens with one attached hydrogen (secondary N) is 1. The number of rotatable bonds is 10. The molecule has 0 saturated carbocycles. The minimum absolute atomic E-state index is 0.0473. The first-order valence-electron chi connectivity index (χ1n) is 6.23. The monoisotopic (exact) mass is 304 g/mol. The van der Waals surface area contributed by atoms with Crippen LogP contribution in [0.4, 0.5) is 0 Å². The number of aliphatic carboxylic acids is 1. The molecule has 0 spiro atoms. The highest BCUT2D eigenvalue weighted by Gasteiger charge is 2.18. The quantitative estimate of drug-likeness (QED) is 0.374. The van der Waals surface area contributed by atoms with Crippen LogP contribution in [-0.4, -0.2) is 74.2 Å². The van der Waals surface area contributed by atoms with Crippen molar-refractivity contribution in [3.63, 3.8) is 0 Å². The van der Waals surface area contributed by atoms with Crippen molar-refractivity contribution < 1.29 is 33.8 Å². The van der Waals surface area contributed by atoms with Gasteiger partial charge in [0.2, 0.25) is 5.91 Å². The summed E-state index contributed by atoms with van der Waals surface area (Å²) < 4.78 is 8.95. The Labute approximate surface area is 122 Å². The van der Waals surface area contributed by atoms with Crippen molar-refractivity contribution in [2.24, 2.45) is 0 Å². The van der Waals surface area contributed by atoms with Gasteiger partial charge in [0.05, 0.1) is 33.9 Å². The normalized spacial score (nSPS) is 10.0. The Morgan fingerprint density at radius 2 is 1.52 bits per heavy atom. The summed E-state index contributed by atoms with van der Waals surface area (Å²) in [7, 11) is 2.40. The van der Waals surface area contributed by atoms with Crippen LogP contribution in [0.3, 0.4) is 0 Å². The third-order valence-electron chi connectivity index (χ3n) is 2.42. The Morgan fingerprint density at radius 3 is 1.95 bits per heavy atom. The zero-order chi connectivity index (χ0) is 16.3. The highest BCUT2D eigenvalue weighted by Crippen LogP contribution is 1.93. The van der Waals surface area contributed by atoms with Crippen LogP contribution >= 0.6 is 0 Å². The molecule has 0 rings (SSSR count). The topological polar surface area (TPSA) is 122 Å². The number of nitrogens with zero attached hydrogens (tertiary/aromatic N) is 1. The molecule has 0 aromatic rings. The lowest BCUT2D eigenvalue weighted by molar-refractivity contribution is -0.146. The van der Waals surface area contributed by atoms with Crippen molar-refractivity contribution in [2.75, 3.05) is 40.4 Å². The largest absolute Gasteiger partial charge is 0.481 e. The molecule has 0 aromatic carbocycles. The van der Waals surface area contributed by atoms with E-state index in [0.29, 0.717) is 6.42 Å². The summed E-state index contributed by atoms with van der Waals surface area (Å²) in [5, 5.41) is 11.0. The van der Waals surface area contributed by atoms with Crippen molar-refractivity contribution in [1.29, 1.82) is 0 Å². The minimum Gasteiger partial charge on any atom is -0.481 e. The maximum atomic E-state index is 11.6. The number of ether oxygens (including phenoxy) is 2. The van der Waals surface area contributed by atoms with Crippen LogP contribution in [0.25, 0.3) is 0 Å². The standard InChI is InChI=1S/C12H20N2O7/c1-20-11(18)7-14(8-12(19)21-2)6-9(15)13-5-3-4-10(16)17/h3-8H2,1-2H3,(H,13,15)(H,16,17). The molecule has 0 fully saturated rings. The molecule has 0 unspecified atom stereocenters. The average Bonchev–Trinajstić information content (AvgIpc) is 2.42. The van der Waals surface area contributed by atoms with E-state index in [1.807, 2.05) is 0 Å². The molecular weight excluding hydrogens is 284 g/mol. The fraction of sp³-hybridized carbons (Fsp3) is 0.667. The van der Waals surface area contributed by atoms with Crippen LogP contribution in [-0.2, 0) is 28.7 Å². The van der Waals surface area contributed by atoms with Crippen LogP contribution in [0, 0.1) is 0 Å². The van der Waals surface area contributed by atoms with E-state index in [1.165, 1.54) is 19.1 Å². The average molecular weight is 304 g/mol. The van der Waals surface area contributed by atoms with Crippen molar-refractivity contribution in [3.05, 3.63) is 0 Å². The molecule has 0 saturated heterocycles. The number of carboxylic acids is 1. The molecule has 0 heterocycles. The second-order valence-corrected chi connectivity index (χ2v) is 4.14. The number of methoxy groups -OCH3 is 2. The first kappa shape index (κ1) is 18.8. The van der Waals surface area contributed by atoms with E-state index in [9.17, 15) is 19.2 Å². The number of hydrogen-bond acceptors (Lipinski definition) is 7. The lowest BCUT2D eigenvalue weighted by atomic mass is 10.3. The molecule has 0 bridgehead atoms. The lowest BCUT2D eigenvalue weighted by Crippen LogP contribution is -2.43. The summed E-state index contributed by atoms with van der Waals surface area (Å²) in [6, 6.07) is 0. The Kier molecular flexibility index (Phi) is 9.52. The SMILES string of the molecule is COC(=O)CN(CC(=O)NCCCC(=O)O)CC(=O)OC. The number of hydrogen-bond donors (Lipinski definition) is 2. The van der Waals surface area contributed by atoms with Crippen LogP contribution < -0.4 is 5.32 Å². The predicted octanol–water partition coefficient (Wildman–Crippen LogP) is -1.38. The van der Waals surface area contributed by atoms with Gasteiger partial charge in [-0.15, -0.1) is 0 Å². The maximum absolute atomic E-state index is 11.6. The van der Waals surface area contributed by atoms with Crippen molar-refractivity contribution in [2.45, 2.75) is 12.8 Å². The first-order valence-corrected chi connectivity index (χ1v) is 6.23. The van der Waals surface area contributed by atoms with Gasteiger partial charge in [0.15, 0.2) is 0 Å².